The highest BCUT2D eigenvalue weighted by Crippen LogP contribution is 2.26. The molecule has 0 unspecified atom stereocenters. The lowest BCUT2D eigenvalue weighted by Gasteiger charge is -2.13. The molecular formula is C15H21FO2. The summed E-state index contributed by atoms with van der Waals surface area (Å²) in [6.45, 7) is 5.86. The number of aliphatic hydroxyl groups is 1. The minimum atomic E-state index is -0.725. The molecule has 0 aromatic heterocycles. The number of allylic oxidation sites excluding steroid dienone is 1. The van der Waals surface area contributed by atoms with Crippen LogP contribution in [0.4, 0.5) is 4.39 Å². The van der Waals surface area contributed by atoms with Gasteiger partial charge in [0.15, 0.2) is 0 Å². The van der Waals surface area contributed by atoms with Crippen LogP contribution in [-0.2, 0) is 0 Å². The zero-order valence-electron chi connectivity index (χ0n) is 10.9. The van der Waals surface area contributed by atoms with Gasteiger partial charge in [0.05, 0.1) is 12.7 Å². The van der Waals surface area contributed by atoms with Crippen molar-refractivity contribution in [3.8, 4) is 5.75 Å². The molecule has 0 aliphatic rings. The molecule has 0 saturated carbocycles. The van der Waals surface area contributed by atoms with Crippen LogP contribution in [0.15, 0.2) is 30.9 Å². The Morgan fingerprint density at radius 1 is 1.39 bits per heavy atom. The maximum atomic E-state index is 13.1. The van der Waals surface area contributed by atoms with Crippen LogP contribution in [0.2, 0.25) is 0 Å². The predicted octanol–water partition coefficient (Wildman–Crippen LogP) is 4.00. The van der Waals surface area contributed by atoms with Gasteiger partial charge in [0.1, 0.15) is 11.6 Å². The molecule has 0 spiro atoms. The molecule has 0 aliphatic heterocycles. The molecule has 100 valence electrons. The van der Waals surface area contributed by atoms with Gasteiger partial charge in [-0.25, -0.2) is 4.39 Å². The molecule has 1 N–H and O–H groups in total. The number of hydrogen-bond donors (Lipinski definition) is 1. The molecule has 0 aliphatic carbocycles. The first kappa shape index (κ1) is 14.7. The van der Waals surface area contributed by atoms with E-state index in [0.29, 0.717) is 17.9 Å². The first-order valence-corrected chi connectivity index (χ1v) is 6.36. The monoisotopic (exact) mass is 252 g/mol. The largest absolute Gasteiger partial charge is 0.493 e. The normalized spacial score (nSPS) is 12.2. The van der Waals surface area contributed by atoms with Crippen LogP contribution in [0.25, 0.3) is 0 Å². The highest BCUT2D eigenvalue weighted by molar-refractivity contribution is 5.35. The van der Waals surface area contributed by atoms with E-state index in [1.54, 1.807) is 13.0 Å². The molecule has 0 saturated heterocycles. The van der Waals surface area contributed by atoms with Gasteiger partial charge in [-0.1, -0.05) is 6.08 Å². The van der Waals surface area contributed by atoms with Gasteiger partial charge in [-0.05, 0) is 50.8 Å². The molecule has 18 heavy (non-hydrogen) atoms. The first-order valence-electron chi connectivity index (χ1n) is 6.36. The quantitative estimate of drug-likeness (QED) is 0.559. The average Bonchev–Trinajstić information content (AvgIpc) is 2.35. The van der Waals surface area contributed by atoms with Crippen molar-refractivity contribution >= 4 is 0 Å². The van der Waals surface area contributed by atoms with Crippen LogP contribution < -0.4 is 4.74 Å². The molecule has 1 aromatic carbocycles. The van der Waals surface area contributed by atoms with Crippen LogP contribution in [0.1, 0.15) is 44.3 Å². The van der Waals surface area contributed by atoms with Gasteiger partial charge < -0.3 is 9.84 Å². The fourth-order valence-electron chi connectivity index (χ4n) is 1.73. The molecule has 0 bridgehead atoms. The van der Waals surface area contributed by atoms with Crippen LogP contribution in [0.5, 0.6) is 5.75 Å². The third kappa shape index (κ3) is 4.88. The summed E-state index contributed by atoms with van der Waals surface area (Å²) in [6.07, 6.45) is 5.35. The molecule has 2 nitrogen and oxygen atoms in total. The smallest absolute Gasteiger partial charge is 0.125 e. The lowest BCUT2D eigenvalue weighted by atomic mass is 10.1. The molecule has 0 fully saturated rings. The molecule has 0 radical (unpaired) electrons. The fraction of sp³-hybridized carbons (Fsp3) is 0.467. The van der Waals surface area contributed by atoms with Crippen molar-refractivity contribution in [2.45, 2.75) is 38.7 Å². The Morgan fingerprint density at radius 2 is 2.17 bits per heavy atom. The summed E-state index contributed by atoms with van der Waals surface area (Å²) in [6, 6.07) is 4.23. The number of ether oxygens (including phenoxy) is 1. The SMILES string of the molecule is C=CCCCCCOc1ccc(F)cc1[C@@H](C)O. The Balaban J connectivity index is 2.44. The summed E-state index contributed by atoms with van der Waals surface area (Å²) in [5, 5.41) is 9.54. The van der Waals surface area contributed by atoms with E-state index in [0.717, 1.165) is 25.7 Å². The number of benzene rings is 1. The molecule has 1 rings (SSSR count). The lowest BCUT2D eigenvalue weighted by molar-refractivity contribution is 0.190. The van der Waals surface area contributed by atoms with E-state index in [1.165, 1.54) is 12.1 Å². The van der Waals surface area contributed by atoms with Crippen molar-refractivity contribution in [1.29, 1.82) is 0 Å². The van der Waals surface area contributed by atoms with Crippen molar-refractivity contribution < 1.29 is 14.2 Å². The zero-order valence-corrected chi connectivity index (χ0v) is 10.9. The maximum absolute atomic E-state index is 13.1. The fourth-order valence-corrected chi connectivity index (χ4v) is 1.73. The topological polar surface area (TPSA) is 29.5 Å². The van der Waals surface area contributed by atoms with Crippen LogP contribution in [0, 0.1) is 5.82 Å². The van der Waals surface area contributed by atoms with Crippen LogP contribution >= 0.6 is 0 Å². The second kappa shape index (κ2) is 7.88. The Morgan fingerprint density at radius 3 is 2.83 bits per heavy atom. The van der Waals surface area contributed by atoms with E-state index in [4.69, 9.17) is 4.74 Å². The molecule has 1 atom stereocenters. The van der Waals surface area contributed by atoms with Crippen molar-refractivity contribution in [1.82, 2.24) is 0 Å². The summed E-state index contributed by atoms with van der Waals surface area (Å²) >= 11 is 0. The van der Waals surface area contributed by atoms with E-state index in [2.05, 4.69) is 6.58 Å². The van der Waals surface area contributed by atoms with E-state index in [1.807, 2.05) is 6.08 Å². The summed E-state index contributed by atoms with van der Waals surface area (Å²) < 4.78 is 18.6. The van der Waals surface area contributed by atoms with Crippen LogP contribution in [0.3, 0.4) is 0 Å². The molecule has 0 amide bonds. The Hall–Kier alpha value is -1.35. The molecular weight excluding hydrogens is 231 g/mol. The zero-order chi connectivity index (χ0) is 13.4. The second-order valence-corrected chi connectivity index (χ2v) is 4.34. The number of unbranched alkanes of at least 4 members (excludes halogenated alkanes) is 3. The van der Waals surface area contributed by atoms with Crippen molar-refractivity contribution in [2.75, 3.05) is 6.61 Å². The highest BCUT2D eigenvalue weighted by atomic mass is 19.1. The van der Waals surface area contributed by atoms with Gasteiger partial charge in [-0.2, -0.15) is 0 Å². The minimum absolute atomic E-state index is 0.357. The number of rotatable bonds is 8. The summed E-state index contributed by atoms with van der Waals surface area (Å²) in [5.41, 5.74) is 0.501. The predicted molar refractivity (Wildman–Crippen MR) is 71.2 cm³/mol. The van der Waals surface area contributed by atoms with Crippen molar-refractivity contribution in [2.24, 2.45) is 0 Å². The van der Waals surface area contributed by atoms with Gasteiger partial charge in [0.2, 0.25) is 0 Å². The van der Waals surface area contributed by atoms with Gasteiger partial charge in [-0.3, -0.25) is 0 Å². The number of hydrogen-bond acceptors (Lipinski definition) is 2. The Kier molecular flexibility index (Phi) is 6.44. The van der Waals surface area contributed by atoms with E-state index in [9.17, 15) is 9.50 Å². The van der Waals surface area contributed by atoms with Crippen molar-refractivity contribution in [3.63, 3.8) is 0 Å². The minimum Gasteiger partial charge on any atom is -0.493 e. The van der Waals surface area contributed by atoms with Gasteiger partial charge >= 0.3 is 0 Å². The maximum Gasteiger partial charge on any atom is 0.125 e. The van der Waals surface area contributed by atoms with Crippen LogP contribution in [-0.4, -0.2) is 11.7 Å². The van der Waals surface area contributed by atoms with E-state index < -0.39 is 6.10 Å². The number of halogens is 1. The Labute approximate surface area is 108 Å². The lowest BCUT2D eigenvalue weighted by Crippen LogP contribution is -2.03. The average molecular weight is 252 g/mol. The van der Waals surface area contributed by atoms with Gasteiger partial charge in [0, 0.05) is 5.56 Å². The third-order valence-electron chi connectivity index (χ3n) is 2.73. The first-order chi connectivity index (χ1) is 8.65. The molecule has 3 heteroatoms. The molecule has 0 heterocycles. The standard InChI is InChI=1S/C15H21FO2/c1-3-4-5-6-7-10-18-15-9-8-13(16)11-14(15)12(2)17/h3,8-9,11-12,17H,1,4-7,10H2,2H3/t12-/m1/s1. The summed E-state index contributed by atoms with van der Waals surface area (Å²) in [7, 11) is 0. The van der Waals surface area contributed by atoms with Gasteiger partial charge in [0.25, 0.3) is 0 Å². The second-order valence-electron chi connectivity index (χ2n) is 4.34. The number of aliphatic hydroxyl groups excluding tert-OH is 1. The molecule has 1 aromatic rings. The van der Waals surface area contributed by atoms with Crippen molar-refractivity contribution in [3.05, 3.63) is 42.2 Å². The van der Waals surface area contributed by atoms with E-state index in [-0.39, 0.29) is 5.82 Å². The summed E-state index contributed by atoms with van der Waals surface area (Å²) in [5.74, 6) is 0.208. The Bertz CT molecular complexity index is 375. The highest BCUT2D eigenvalue weighted by Gasteiger charge is 2.10. The van der Waals surface area contributed by atoms with Gasteiger partial charge in [-0.15, -0.1) is 6.58 Å². The third-order valence-corrected chi connectivity index (χ3v) is 2.73. The summed E-state index contributed by atoms with van der Waals surface area (Å²) in [4.78, 5) is 0. The van der Waals surface area contributed by atoms with E-state index >= 15 is 0 Å².